The van der Waals surface area contributed by atoms with Gasteiger partial charge in [-0.2, -0.15) is 0 Å². The normalized spacial score (nSPS) is 20.0. The molecule has 0 spiro atoms. The highest BCUT2D eigenvalue weighted by molar-refractivity contribution is 7.91. The minimum absolute atomic E-state index is 0.0439. The Balaban J connectivity index is 2.05. The van der Waals surface area contributed by atoms with Gasteiger partial charge >= 0.3 is 5.97 Å². The standard InChI is InChI=1S/C17H23NO7S2/c1-4-18(14-9-10-27(23,24)11-14)16(19)12(2)25-17(20)13-5-7-15(8-6-13)26(3,21)22/h5-8,12,14H,4,9-11H2,1-3H3/t12-,14-/m1/s1. The van der Waals surface area contributed by atoms with Crippen LogP contribution in [0.5, 0.6) is 0 Å². The van der Waals surface area contributed by atoms with Crippen molar-refractivity contribution in [1.29, 1.82) is 0 Å². The Kier molecular flexibility index (Phi) is 6.31. The molecule has 0 aromatic heterocycles. The van der Waals surface area contributed by atoms with Gasteiger partial charge in [0.15, 0.2) is 25.8 Å². The molecule has 1 aromatic carbocycles. The zero-order valence-electron chi connectivity index (χ0n) is 15.4. The third kappa shape index (κ3) is 5.29. The van der Waals surface area contributed by atoms with Gasteiger partial charge in [0.2, 0.25) is 0 Å². The molecule has 150 valence electrons. The minimum Gasteiger partial charge on any atom is -0.449 e. The Bertz CT molecular complexity index is 921. The van der Waals surface area contributed by atoms with Gasteiger partial charge in [-0.1, -0.05) is 0 Å². The summed E-state index contributed by atoms with van der Waals surface area (Å²) in [5, 5.41) is 0. The van der Waals surface area contributed by atoms with Crippen LogP contribution >= 0.6 is 0 Å². The molecule has 1 amide bonds. The molecule has 0 unspecified atom stereocenters. The average Bonchev–Trinajstić information content (AvgIpc) is 2.94. The molecule has 2 atom stereocenters. The van der Waals surface area contributed by atoms with Crippen LogP contribution in [0.3, 0.4) is 0 Å². The third-order valence-corrected chi connectivity index (χ3v) is 7.30. The molecule has 27 heavy (non-hydrogen) atoms. The summed E-state index contributed by atoms with van der Waals surface area (Å²) in [6, 6.07) is 4.80. The van der Waals surface area contributed by atoms with E-state index in [1.807, 2.05) is 0 Å². The Labute approximate surface area is 159 Å². The third-order valence-electron chi connectivity index (χ3n) is 4.42. The molecule has 1 heterocycles. The highest BCUT2D eigenvalue weighted by Gasteiger charge is 2.36. The van der Waals surface area contributed by atoms with Crippen molar-refractivity contribution in [1.82, 2.24) is 4.90 Å². The van der Waals surface area contributed by atoms with Gasteiger partial charge in [-0.05, 0) is 44.5 Å². The lowest BCUT2D eigenvalue weighted by Gasteiger charge is -2.29. The lowest BCUT2D eigenvalue weighted by molar-refractivity contribution is -0.141. The number of carbonyl (C=O) groups is 2. The van der Waals surface area contributed by atoms with Crippen LogP contribution in [-0.2, 0) is 29.2 Å². The summed E-state index contributed by atoms with van der Waals surface area (Å²) < 4.78 is 51.4. The van der Waals surface area contributed by atoms with Gasteiger partial charge in [-0.3, -0.25) is 4.79 Å². The topological polar surface area (TPSA) is 115 Å². The highest BCUT2D eigenvalue weighted by Crippen LogP contribution is 2.19. The number of likely N-dealkylation sites (N-methyl/N-ethyl adjacent to an activating group) is 1. The summed E-state index contributed by atoms with van der Waals surface area (Å²) in [4.78, 5) is 26.3. The van der Waals surface area contributed by atoms with E-state index in [-0.39, 0.29) is 22.0 Å². The molecule has 0 N–H and O–H groups in total. The second-order valence-electron chi connectivity index (χ2n) is 6.53. The van der Waals surface area contributed by atoms with Crippen molar-refractivity contribution in [3.63, 3.8) is 0 Å². The first-order chi connectivity index (χ1) is 12.4. The second kappa shape index (κ2) is 7.97. The van der Waals surface area contributed by atoms with Gasteiger partial charge < -0.3 is 9.64 Å². The van der Waals surface area contributed by atoms with Crippen LogP contribution < -0.4 is 0 Å². The summed E-state index contributed by atoms with van der Waals surface area (Å²) >= 11 is 0. The monoisotopic (exact) mass is 417 g/mol. The van der Waals surface area contributed by atoms with Crippen molar-refractivity contribution in [3.8, 4) is 0 Å². The number of nitrogens with zero attached hydrogens (tertiary/aromatic N) is 1. The van der Waals surface area contributed by atoms with Gasteiger partial charge in [0.1, 0.15) is 0 Å². The second-order valence-corrected chi connectivity index (χ2v) is 10.8. The van der Waals surface area contributed by atoms with E-state index in [4.69, 9.17) is 4.74 Å². The van der Waals surface area contributed by atoms with Crippen LogP contribution in [0.15, 0.2) is 29.2 Å². The van der Waals surface area contributed by atoms with Crippen LogP contribution in [-0.4, -0.2) is 70.1 Å². The van der Waals surface area contributed by atoms with Crippen LogP contribution in [0.25, 0.3) is 0 Å². The number of rotatable bonds is 6. The predicted molar refractivity (Wildman–Crippen MR) is 98.9 cm³/mol. The molecule has 1 fully saturated rings. The molecule has 1 aliphatic heterocycles. The number of sulfone groups is 2. The predicted octanol–water partition coefficient (Wildman–Crippen LogP) is 0.671. The lowest BCUT2D eigenvalue weighted by Crippen LogP contribution is -2.46. The summed E-state index contributed by atoms with van der Waals surface area (Å²) in [5.74, 6) is -1.26. The van der Waals surface area contributed by atoms with Crippen molar-refractivity contribution >= 4 is 31.6 Å². The SMILES string of the molecule is CCN(C(=O)[C@@H](C)OC(=O)c1ccc(S(C)(=O)=O)cc1)[C@@H]1CCS(=O)(=O)C1. The van der Waals surface area contributed by atoms with Crippen LogP contribution in [0, 0.1) is 0 Å². The van der Waals surface area contributed by atoms with E-state index in [2.05, 4.69) is 0 Å². The fourth-order valence-electron chi connectivity index (χ4n) is 2.97. The average molecular weight is 418 g/mol. The smallest absolute Gasteiger partial charge is 0.338 e. The molecule has 0 bridgehead atoms. The van der Waals surface area contributed by atoms with Crippen molar-refractivity contribution in [2.45, 2.75) is 37.3 Å². The first-order valence-electron chi connectivity index (χ1n) is 8.46. The number of esters is 1. The van der Waals surface area contributed by atoms with E-state index in [0.29, 0.717) is 13.0 Å². The lowest BCUT2D eigenvalue weighted by atomic mass is 10.2. The maximum Gasteiger partial charge on any atom is 0.338 e. The fraction of sp³-hybridized carbons (Fsp3) is 0.529. The van der Waals surface area contributed by atoms with Crippen LogP contribution in [0.2, 0.25) is 0 Å². The van der Waals surface area contributed by atoms with Gasteiger partial charge in [-0.25, -0.2) is 21.6 Å². The molecule has 0 radical (unpaired) electrons. The molecule has 0 saturated carbocycles. The zero-order valence-corrected chi connectivity index (χ0v) is 17.0. The molecular formula is C17H23NO7S2. The van der Waals surface area contributed by atoms with Crippen molar-refractivity contribution in [2.75, 3.05) is 24.3 Å². The van der Waals surface area contributed by atoms with Crippen LogP contribution in [0.1, 0.15) is 30.6 Å². The maximum absolute atomic E-state index is 12.6. The Morgan fingerprint density at radius 3 is 2.30 bits per heavy atom. The number of hydrogen-bond donors (Lipinski definition) is 0. The molecule has 10 heteroatoms. The largest absolute Gasteiger partial charge is 0.449 e. The van der Waals surface area contributed by atoms with Gasteiger partial charge in [0.25, 0.3) is 5.91 Å². The minimum atomic E-state index is -3.38. The van der Waals surface area contributed by atoms with Crippen molar-refractivity contribution in [3.05, 3.63) is 29.8 Å². The molecule has 0 aliphatic carbocycles. The van der Waals surface area contributed by atoms with Crippen LogP contribution in [0.4, 0.5) is 0 Å². The fourth-order valence-corrected chi connectivity index (χ4v) is 5.33. The molecule has 2 rings (SSSR count). The van der Waals surface area contributed by atoms with E-state index in [1.54, 1.807) is 6.92 Å². The number of benzene rings is 1. The number of ether oxygens (including phenoxy) is 1. The maximum atomic E-state index is 12.6. The first-order valence-corrected chi connectivity index (χ1v) is 12.2. The Morgan fingerprint density at radius 2 is 1.85 bits per heavy atom. The molecular weight excluding hydrogens is 394 g/mol. The van der Waals surface area contributed by atoms with Gasteiger partial charge in [0, 0.05) is 18.8 Å². The zero-order chi connectivity index (χ0) is 20.4. The molecule has 1 aliphatic rings. The van der Waals surface area contributed by atoms with Crippen molar-refractivity contribution < 1.29 is 31.2 Å². The van der Waals surface area contributed by atoms with E-state index in [1.165, 1.54) is 36.1 Å². The number of hydrogen-bond acceptors (Lipinski definition) is 7. The summed E-state index contributed by atoms with van der Waals surface area (Å²) in [6.45, 7) is 3.47. The first kappa shape index (κ1) is 21.4. The number of carbonyl (C=O) groups excluding carboxylic acids is 2. The molecule has 1 aromatic rings. The van der Waals surface area contributed by atoms with E-state index in [0.717, 1.165) is 6.26 Å². The van der Waals surface area contributed by atoms with E-state index < -0.39 is 43.7 Å². The Hall–Kier alpha value is -1.94. The summed E-state index contributed by atoms with van der Waals surface area (Å²) in [5.41, 5.74) is 0.119. The quantitative estimate of drug-likeness (QED) is 0.625. The molecule has 8 nitrogen and oxygen atoms in total. The van der Waals surface area contributed by atoms with E-state index >= 15 is 0 Å². The Morgan fingerprint density at radius 1 is 1.26 bits per heavy atom. The van der Waals surface area contributed by atoms with Crippen molar-refractivity contribution in [2.24, 2.45) is 0 Å². The van der Waals surface area contributed by atoms with E-state index in [9.17, 15) is 26.4 Å². The van der Waals surface area contributed by atoms with Gasteiger partial charge in [-0.15, -0.1) is 0 Å². The summed E-state index contributed by atoms with van der Waals surface area (Å²) in [6.07, 6.45) is 0.342. The number of amides is 1. The summed E-state index contributed by atoms with van der Waals surface area (Å²) in [7, 11) is -6.52. The highest BCUT2D eigenvalue weighted by atomic mass is 32.2. The molecule has 1 saturated heterocycles. The van der Waals surface area contributed by atoms with Gasteiger partial charge in [0.05, 0.1) is 22.0 Å².